The van der Waals surface area contributed by atoms with Crippen LogP contribution >= 0.6 is 0 Å². The predicted molar refractivity (Wildman–Crippen MR) is 135 cm³/mol. The molecular formula is C26H30N2O6S. The fourth-order valence-electron chi connectivity index (χ4n) is 3.55. The van der Waals surface area contributed by atoms with Crippen LogP contribution in [0.2, 0.25) is 0 Å². The van der Waals surface area contributed by atoms with Crippen molar-refractivity contribution in [2.24, 2.45) is 0 Å². The number of carbonyl (C=O) groups is 1. The Hall–Kier alpha value is -3.56. The zero-order chi connectivity index (χ0) is 25.4. The molecule has 0 aliphatic heterocycles. The first-order chi connectivity index (χ1) is 16.8. The lowest BCUT2D eigenvalue weighted by atomic mass is 10.1. The Morgan fingerprint density at radius 3 is 2.14 bits per heavy atom. The minimum Gasteiger partial charge on any atom is -0.493 e. The molecule has 0 saturated heterocycles. The molecule has 0 atom stereocenters. The van der Waals surface area contributed by atoms with Crippen LogP contribution in [0, 0.1) is 0 Å². The highest BCUT2D eigenvalue weighted by Gasteiger charge is 2.23. The molecule has 1 amide bonds. The summed E-state index contributed by atoms with van der Waals surface area (Å²) < 4.78 is 44.0. The van der Waals surface area contributed by atoms with E-state index in [0.717, 1.165) is 0 Å². The van der Waals surface area contributed by atoms with Gasteiger partial charge >= 0.3 is 0 Å². The zero-order valence-corrected chi connectivity index (χ0v) is 21.1. The summed E-state index contributed by atoms with van der Waals surface area (Å²) in [5, 5.41) is 2.81. The molecule has 8 nitrogen and oxygen atoms in total. The third-order valence-corrected chi connectivity index (χ3v) is 7.40. The number of rotatable bonds is 11. The Kier molecular flexibility index (Phi) is 8.73. The molecule has 0 saturated carbocycles. The molecule has 0 spiro atoms. The van der Waals surface area contributed by atoms with Gasteiger partial charge in [0.2, 0.25) is 15.9 Å². The summed E-state index contributed by atoms with van der Waals surface area (Å²) in [6.07, 6.45) is 0.0398. The van der Waals surface area contributed by atoms with Gasteiger partial charge in [0, 0.05) is 13.1 Å². The number of sulfonamides is 1. The minimum atomic E-state index is -3.73. The summed E-state index contributed by atoms with van der Waals surface area (Å²) in [6.45, 7) is 4.23. The predicted octanol–water partition coefficient (Wildman–Crippen LogP) is 4.71. The van der Waals surface area contributed by atoms with E-state index in [4.69, 9.17) is 14.2 Å². The molecule has 0 heterocycles. The summed E-state index contributed by atoms with van der Waals surface area (Å²) in [7, 11) is -0.665. The topological polar surface area (TPSA) is 94.2 Å². The van der Waals surface area contributed by atoms with Crippen molar-refractivity contribution < 1.29 is 27.4 Å². The first-order valence-electron chi connectivity index (χ1n) is 11.2. The van der Waals surface area contributed by atoms with Crippen LogP contribution in [0.5, 0.6) is 23.0 Å². The Balaban J connectivity index is 1.93. The SMILES string of the molecule is CCN(CC)S(=O)(=O)c1ccc(Oc2ccccc2)c(NC(=O)Cc2ccc(OC)c(OC)c2)c1. The van der Waals surface area contributed by atoms with Crippen LogP contribution in [0.15, 0.2) is 71.6 Å². The molecule has 0 aliphatic rings. The van der Waals surface area contributed by atoms with E-state index in [1.807, 2.05) is 18.2 Å². The molecule has 0 aliphatic carbocycles. The molecule has 3 rings (SSSR count). The number of carbonyl (C=O) groups excluding carboxylic acids is 1. The van der Waals surface area contributed by atoms with Crippen LogP contribution in [0.1, 0.15) is 19.4 Å². The zero-order valence-electron chi connectivity index (χ0n) is 20.3. The van der Waals surface area contributed by atoms with Crippen molar-refractivity contribution in [2.75, 3.05) is 32.6 Å². The number of amides is 1. The number of nitrogens with zero attached hydrogens (tertiary/aromatic N) is 1. The van der Waals surface area contributed by atoms with Crippen molar-refractivity contribution >= 4 is 21.6 Å². The third kappa shape index (κ3) is 6.32. The second kappa shape index (κ2) is 11.7. The maximum absolute atomic E-state index is 13.1. The van der Waals surface area contributed by atoms with Gasteiger partial charge in [0.1, 0.15) is 5.75 Å². The van der Waals surface area contributed by atoms with Gasteiger partial charge in [-0.2, -0.15) is 4.31 Å². The average Bonchev–Trinajstić information content (AvgIpc) is 2.86. The second-order valence-electron chi connectivity index (χ2n) is 7.58. The lowest BCUT2D eigenvalue weighted by Gasteiger charge is -2.20. The summed E-state index contributed by atoms with van der Waals surface area (Å²) in [4.78, 5) is 13.0. The van der Waals surface area contributed by atoms with E-state index in [0.29, 0.717) is 41.7 Å². The van der Waals surface area contributed by atoms with Crippen LogP contribution in [-0.2, 0) is 21.2 Å². The van der Waals surface area contributed by atoms with Crippen LogP contribution in [0.3, 0.4) is 0 Å². The van der Waals surface area contributed by atoms with E-state index in [1.54, 1.807) is 50.2 Å². The van der Waals surface area contributed by atoms with Gasteiger partial charge in [0.05, 0.1) is 31.2 Å². The van der Waals surface area contributed by atoms with Gasteiger partial charge in [-0.25, -0.2) is 8.42 Å². The minimum absolute atomic E-state index is 0.0398. The summed E-state index contributed by atoms with van der Waals surface area (Å²) in [5.74, 6) is 1.62. The molecule has 9 heteroatoms. The van der Waals surface area contributed by atoms with Gasteiger partial charge in [-0.15, -0.1) is 0 Å². The van der Waals surface area contributed by atoms with Gasteiger partial charge in [0.25, 0.3) is 0 Å². The van der Waals surface area contributed by atoms with Gasteiger partial charge in [-0.3, -0.25) is 4.79 Å². The number of benzene rings is 3. The first-order valence-corrected chi connectivity index (χ1v) is 12.6. The van der Waals surface area contributed by atoms with Crippen LogP contribution < -0.4 is 19.5 Å². The maximum atomic E-state index is 13.1. The number of ether oxygens (including phenoxy) is 3. The van der Waals surface area contributed by atoms with Crippen molar-refractivity contribution in [1.82, 2.24) is 4.31 Å². The van der Waals surface area contributed by atoms with E-state index in [1.165, 1.54) is 30.7 Å². The average molecular weight is 499 g/mol. The third-order valence-electron chi connectivity index (χ3n) is 5.35. The van der Waals surface area contributed by atoms with Crippen molar-refractivity contribution in [2.45, 2.75) is 25.2 Å². The van der Waals surface area contributed by atoms with Crippen molar-refractivity contribution in [3.05, 3.63) is 72.3 Å². The highest BCUT2D eigenvalue weighted by atomic mass is 32.2. The maximum Gasteiger partial charge on any atom is 0.243 e. The van der Waals surface area contributed by atoms with Crippen molar-refractivity contribution in [3.8, 4) is 23.0 Å². The molecule has 0 aromatic heterocycles. The Labute approximate surface area is 206 Å². The lowest BCUT2D eigenvalue weighted by molar-refractivity contribution is -0.115. The fourth-order valence-corrected chi connectivity index (χ4v) is 5.04. The highest BCUT2D eigenvalue weighted by Crippen LogP contribution is 2.33. The molecule has 35 heavy (non-hydrogen) atoms. The quantitative estimate of drug-likeness (QED) is 0.412. The Morgan fingerprint density at radius 2 is 1.51 bits per heavy atom. The lowest BCUT2D eigenvalue weighted by Crippen LogP contribution is -2.30. The van der Waals surface area contributed by atoms with Gasteiger partial charge in [-0.1, -0.05) is 38.1 Å². The number of methoxy groups -OCH3 is 2. The number of hydrogen-bond acceptors (Lipinski definition) is 6. The monoisotopic (exact) mass is 498 g/mol. The molecule has 0 radical (unpaired) electrons. The van der Waals surface area contributed by atoms with Crippen LogP contribution in [0.25, 0.3) is 0 Å². The summed E-state index contributed by atoms with van der Waals surface area (Å²) in [6, 6.07) is 18.7. The van der Waals surface area contributed by atoms with E-state index < -0.39 is 10.0 Å². The van der Waals surface area contributed by atoms with Gasteiger partial charge in [0.15, 0.2) is 17.2 Å². The van der Waals surface area contributed by atoms with Gasteiger partial charge in [-0.05, 0) is 48.0 Å². The van der Waals surface area contributed by atoms with E-state index in [9.17, 15) is 13.2 Å². The normalized spacial score (nSPS) is 11.2. The number of hydrogen-bond donors (Lipinski definition) is 1. The molecule has 3 aromatic carbocycles. The van der Waals surface area contributed by atoms with Crippen LogP contribution in [0.4, 0.5) is 5.69 Å². The summed E-state index contributed by atoms with van der Waals surface area (Å²) in [5.41, 5.74) is 0.963. The van der Waals surface area contributed by atoms with Crippen LogP contribution in [-0.4, -0.2) is 45.9 Å². The second-order valence-corrected chi connectivity index (χ2v) is 9.51. The molecule has 3 aromatic rings. The van der Waals surface area contributed by atoms with E-state index >= 15 is 0 Å². The standard InChI is InChI=1S/C26H30N2O6S/c1-5-28(6-2)35(30,31)21-13-15-23(34-20-10-8-7-9-11-20)22(18-21)27-26(29)17-19-12-14-24(32-3)25(16-19)33-4/h7-16,18H,5-6,17H2,1-4H3,(H,27,29). The number of nitrogens with one attached hydrogen (secondary N) is 1. The van der Waals surface area contributed by atoms with Crippen molar-refractivity contribution in [3.63, 3.8) is 0 Å². The Morgan fingerprint density at radius 1 is 0.857 bits per heavy atom. The molecule has 0 unspecified atom stereocenters. The highest BCUT2D eigenvalue weighted by molar-refractivity contribution is 7.89. The van der Waals surface area contributed by atoms with E-state index in [2.05, 4.69) is 5.32 Å². The number of para-hydroxylation sites is 1. The molecule has 0 bridgehead atoms. The smallest absolute Gasteiger partial charge is 0.243 e. The summed E-state index contributed by atoms with van der Waals surface area (Å²) >= 11 is 0. The largest absolute Gasteiger partial charge is 0.493 e. The first kappa shape index (κ1) is 26.1. The molecule has 0 fully saturated rings. The fraction of sp³-hybridized carbons (Fsp3) is 0.269. The molecule has 1 N–H and O–H groups in total. The Bertz CT molecular complexity index is 1260. The molecular weight excluding hydrogens is 468 g/mol. The van der Waals surface area contributed by atoms with Gasteiger partial charge < -0.3 is 19.5 Å². The van der Waals surface area contributed by atoms with Crippen molar-refractivity contribution in [1.29, 1.82) is 0 Å². The van der Waals surface area contributed by atoms with E-state index in [-0.39, 0.29) is 22.9 Å². The number of anilines is 1. The molecule has 186 valence electrons.